The summed E-state index contributed by atoms with van der Waals surface area (Å²) in [6, 6.07) is 15.1. The Balaban J connectivity index is 1.45. The van der Waals surface area contributed by atoms with Crippen LogP contribution in [0.2, 0.25) is 0 Å². The van der Waals surface area contributed by atoms with E-state index in [1.807, 2.05) is 74.2 Å². The van der Waals surface area contributed by atoms with Crippen molar-refractivity contribution in [3.05, 3.63) is 59.7 Å². The minimum Gasteiger partial charge on any atom is -0.490 e. The maximum absolute atomic E-state index is 12.6. The van der Waals surface area contributed by atoms with Crippen LogP contribution in [0.25, 0.3) is 0 Å². The summed E-state index contributed by atoms with van der Waals surface area (Å²) >= 11 is 0. The van der Waals surface area contributed by atoms with Crippen molar-refractivity contribution in [1.82, 2.24) is 15.1 Å². The van der Waals surface area contributed by atoms with E-state index in [0.29, 0.717) is 44.9 Å². The Kier molecular flexibility index (Phi) is 8.98. The summed E-state index contributed by atoms with van der Waals surface area (Å²) in [4.78, 5) is 28.6. The van der Waals surface area contributed by atoms with Gasteiger partial charge in [0.05, 0.1) is 6.61 Å². The van der Waals surface area contributed by atoms with Crippen molar-refractivity contribution in [3.63, 3.8) is 0 Å². The number of hydrogen-bond donors (Lipinski definition) is 1. The Hall–Kier alpha value is -3.22. The molecule has 1 heterocycles. The molecule has 1 N–H and O–H groups in total. The molecule has 0 bridgehead atoms. The van der Waals surface area contributed by atoms with Crippen LogP contribution >= 0.6 is 0 Å². The fourth-order valence-corrected chi connectivity index (χ4v) is 3.93. The van der Waals surface area contributed by atoms with E-state index in [9.17, 15) is 9.59 Å². The second-order valence-electron chi connectivity index (χ2n) is 8.02. The molecule has 1 aliphatic heterocycles. The Morgan fingerprint density at radius 2 is 1.61 bits per heavy atom. The minimum absolute atomic E-state index is 0.0320. The van der Waals surface area contributed by atoms with Gasteiger partial charge in [-0.1, -0.05) is 24.3 Å². The molecule has 1 aliphatic rings. The maximum atomic E-state index is 12.6. The van der Waals surface area contributed by atoms with Crippen LogP contribution in [-0.4, -0.2) is 60.6 Å². The number of ether oxygens (including phenoxy) is 2. The van der Waals surface area contributed by atoms with Gasteiger partial charge in [0.1, 0.15) is 6.10 Å². The number of likely N-dealkylation sites (tertiary alicyclic amines) is 1. The SMILES string of the molecule is CCOc1ccccc1OC1CCN(C(=O)NCc2ccc(C(=O)N(CC)CC)cc2)CC1. The molecule has 0 spiro atoms. The minimum atomic E-state index is -0.0774. The van der Waals surface area contributed by atoms with Gasteiger partial charge in [0.25, 0.3) is 5.91 Å². The van der Waals surface area contributed by atoms with E-state index < -0.39 is 0 Å². The van der Waals surface area contributed by atoms with Crippen molar-refractivity contribution >= 4 is 11.9 Å². The summed E-state index contributed by atoms with van der Waals surface area (Å²) in [6.07, 6.45) is 1.61. The number of nitrogens with one attached hydrogen (secondary N) is 1. The summed E-state index contributed by atoms with van der Waals surface area (Å²) in [7, 11) is 0. The van der Waals surface area contributed by atoms with Gasteiger partial charge in [-0.15, -0.1) is 0 Å². The van der Waals surface area contributed by atoms with E-state index in [4.69, 9.17) is 9.47 Å². The average Bonchev–Trinajstić information content (AvgIpc) is 2.85. The molecule has 2 aromatic carbocycles. The van der Waals surface area contributed by atoms with Crippen LogP contribution in [-0.2, 0) is 6.54 Å². The fraction of sp³-hybridized carbons (Fsp3) is 0.462. The molecule has 3 amide bonds. The summed E-state index contributed by atoms with van der Waals surface area (Å²) < 4.78 is 11.8. The number of piperidine rings is 1. The zero-order chi connectivity index (χ0) is 23.6. The van der Waals surface area contributed by atoms with Crippen LogP contribution in [0.5, 0.6) is 11.5 Å². The molecule has 7 nitrogen and oxygen atoms in total. The number of carbonyl (C=O) groups is 2. The Morgan fingerprint density at radius 1 is 0.970 bits per heavy atom. The fourth-order valence-electron chi connectivity index (χ4n) is 3.93. The number of rotatable bonds is 9. The van der Waals surface area contributed by atoms with Crippen molar-refractivity contribution in [3.8, 4) is 11.5 Å². The van der Waals surface area contributed by atoms with Crippen LogP contribution in [0.15, 0.2) is 48.5 Å². The standard InChI is InChI=1S/C26H35N3O4/c1-4-28(5-2)25(30)21-13-11-20(12-14-21)19-27-26(31)29-17-15-22(16-18-29)33-24-10-8-7-9-23(24)32-6-3/h7-14,22H,4-6,15-19H2,1-3H3,(H,27,31). The van der Waals surface area contributed by atoms with Crippen LogP contribution in [0.3, 0.4) is 0 Å². The van der Waals surface area contributed by atoms with Crippen molar-refractivity contribution in [2.24, 2.45) is 0 Å². The van der Waals surface area contributed by atoms with E-state index >= 15 is 0 Å². The molecule has 0 aromatic heterocycles. The molecule has 33 heavy (non-hydrogen) atoms. The number of benzene rings is 2. The predicted octanol–water partition coefficient (Wildman–Crippen LogP) is 4.32. The molecule has 0 saturated carbocycles. The summed E-state index contributed by atoms with van der Waals surface area (Å²) in [5.41, 5.74) is 1.63. The molecule has 0 unspecified atom stereocenters. The molecule has 178 valence electrons. The third kappa shape index (κ3) is 6.63. The highest BCUT2D eigenvalue weighted by molar-refractivity contribution is 5.94. The van der Waals surface area contributed by atoms with Crippen LogP contribution < -0.4 is 14.8 Å². The molecule has 3 rings (SSSR count). The quantitative estimate of drug-likeness (QED) is 0.614. The molecule has 0 aliphatic carbocycles. The molecule has 0 radical (unpaired) electrons. The third-order valence-corrected chi connectivity index (χ3v) is 5.87. The molecule has 1 saturated heterocycles. The molecule has 2 aromatic rings. The van der Waals surface area contributed by atoms with Crippen molar-refractivity contribution in [1.29, 1.82) is 0 Å². The lowest BCUT2D eigenvalue weighted by Crippen LogP contribution is -2.46. The van der Waals surface area contributed by atoms with E-state index in [-0.39, 0.29) is 18.0 Å². The summed E-state index contributed by atoms with van der Waals surface area (Å²) in [5, 5.41) is 2.98. The first-order valence-electron chi connectivity index (χ1n) is 11.8. The second-order valence-corrected chi connectivity index (χ2v) is 8.02. The molecule has 0 atom stereocenters. The van der Waals surface area contributed by atoms with E-state index in [0.717, 1.165) is 29.9 Å². The van der Waals surface area contributed by atoms with Crippen LogP contribution in [0, 0.1) is 0 Å². The normalized spacial score (nSPS) is 14.0. The number of hydrogen-bond acceptors (Lipinski definition) is 4. The number of amides is 3. The van der Waals surface area contributed by atoms with Gasteiger partial charge >= 0.3 is 6.03 Å². The monoisotopic (exact) mass is 453 g/mol. The van der Waals surface area contributed by atoms with Gasteiger partial charge in [0.15, 0.2) is 11.5 Å². The highest BCUT2D eigenvalue weighted by Gasteiger charge is 2.24. The lowest BCUT2D eigenvalue weighted by molar-refractivity contribution is 0.0773. The number of nitrogens with zero attached hydrogens (tertiary/aromatic N) is 2. The van der Waals surface area contributed by atoms with Gasteiger partial charge in [0.2, 0.25) is 0 Å². The van der Waals surface area contributed by atoms with E-state index in [1.54, 1.807) is 4.90 Å². The van der Waals surface area contributed by atoms with Gasteiger partial charge < -0.3 is 24.6 Å². The van der Waals surface area contributed by atoms with E-state index in [2.05, 4.69) is 5.32 Å². The summed E-state index contributed by atoms with van der Waals surface area (Å²) in [6.45, 7) is 9.58. The molecule has 1 fully saturated rings. The van der Waals surface area contributed by atoms with E-state index in [1.165, 1.54) is 0 Å². The first-order valence-corrected chi connectivity index (χ1v) is 11.8. The Bertz CT molecular complexity index is 904. The molecular formula is C26H35N3O4. The lowest BCUT2D eigenvalue weighted by Gasteiger charge is -2.32. The van der Waals surface area contributed by atoms with Gasteiger partial charge in [-0.05, 0) is 50.6 Å². The first-order chi connectivity index (χ1) is 16.0. The smallest absolute Gasteiger partial charge is 0.317 e. The predicted molar refractivity (Wildman–Crippen MR) is 129 cm³/mol. The topological polar surface area (TPSA) is 71.1 Å². The molecule has 7 heteroatoms. The molecular weight excluding hydrogens is 418 g/mol. The maximum Gasteiger partial charge on any atom is 0.317 e. The van der Waals surface area contributed by atoms with Crippen molar-refractivity contribution in [2.45, 2.75) is 46.3 Å². The van der Waals surface area contributed by atoms with Gasteiger partial charge in [-0.25, -0.2) is 4.79 Å². The van der Waals surface area contributed by atoms with Gasteiger partial charge in [0, 0.05) is 51.1 Å². The lowest BCUT2D eigenvalue weighted by atomic mass is 10.1. The average molecular weight is 454 g/mol. The largest absolute Gasteiger partial charge is 0.490 e. The highest BCUT2D eigenvalue weighted by atomic mass is 16.5. The van der Waals surface area contributed by atoms with Gasteiger partial charge in [-0.2, -0.15) is 0 Å². The van der Waals surface area contributed by atoms with Crippen molar-refractivity contribution in [2.75, 3.05) is 32.8 Å². The van der Waals surface area contributed by atoms with Crippen LogP contribution in [0.4, 0.5) is 4.79 Å². The third-order valence-electron chi connectivity index (χ3n) is 5.87. The zero-order valence-electron chi connectivity index (χ0n) is 19.9. The first kappa shape index (κ1) is 24.4. The van der Waals surface area contributed by atoms with Crippen molar-refractivity contribution < 1.29 is 19.1 Å². The summed E-state index contributed by atoms with van der Waals surface area (Å²) in [5.74, 6) is 1.54. The van der Waals surface area contributed by atoms with Crippen LogP contribution in [0.1, 0.15) is 49.5 Å². The highest BCUT2D eigenvalue weighted by Crippen LogP contribution is 2.29. The Morgan fingerprint density at radius 3 is 2.21 bits per heavy atom. The van der Waals surface area contributed by atoms with Gasteiger partial charge in [-0.3, -0.25) is 4.79 Å². The second kappa shape index (κ2) is 12.1. The number of urea groups is 1. The number of para-hydroxylation sites is 2. The zero-order valence-corrected chi connectivity index (χ0v) is 19.9. The number of carbonyl (C=O) groups excluding carboxylic acids is 2. The Labute approximate surface area is 196 Å².